The number of alkyl carbamates (subject to hydrolysis) is 1. The fraction of sp³-hybridized carbons (Fsp3) is 0.500. The molecule has 0 aliphatic rings. The monoisotopic (exact) mass is 267 g/mol. The molecular weight excluding hydrogens is 246 g/mol. The zero-order valence-electron chi connectivity index (χ0n) is 11.2. The molecule has 5 nitrogen and oxygen atoms in total. The van der Waals surface area contributed by atoms with Gasteiger partial charge in [0.25, 0.3) is 0 Å². The van der Waals surface area contributed by atoms with E-state index in [1.807, 2.05) is 37.3 Å². The fourth-order valence-electron chi connectivity index (χ4n) is 1.34. The molecule has 0 aromatic heterocycles. The Balaban J connectivity index is 2.02. The number of carbonyl (C=O) groups excluding carboxylic acids is 1. The number of hydrogen-bond donors (Lipinski definition) is 2. The normalized spacial score (nSPS) is 11.9. The number of carbonyl (C=O) groups is 1. The summed E-state index contributed by atoms with van der Waals surface area (Å²) in [5, 5.41) is 11.4. The Hall–Kier alpha value is -1.59. The van der Waals surface area contributed by atoms with E-state index in [0.29, 0.717) is 19.8 Å². The fourth-order valence-corrected chi connectivity index (χ4v) is 1.34. The molecule has 0 aliphatic heterocycles. The average Bonchev–Trinajstić information content (AvgIpc) is 2.45. The van der Waals surface area contributed by atoms with E-state index in [0.717, 1.165) is 5.56 Å². The minimum Gasteiger partial charge on any atom is -0.445 e. The molecule has 1 aromatic rings. The van der Waals surface area contributed by atoms with Gasteiger partial charge in [0.15, 0.2) is 0 Å². The molecule has 19 heavy (non-hydrogen) atoms. The lowest BCUT2D eigenvalue weighted by atomic mass is 10.2. The summed E-state index contributed by atoms with van der Waals surface area (Å²) in [7, 11) is 0. The summed E-state index contributed by atoms with van der Waals surface area (Å²) in [5.41, 5.74) is 0.950. The average molecular weight is 267 g/mol. The second kappa shape index (κ2) is 9.35. The molecule has 1 unspecified atom stereocenters. The molecular formula is C14H21NO4. The van der Waals surface area contributed by atoms with Gasteiger partial charge in [-0.05, 0) is 5.56 Å². The Morgan fingerprint density at radius 1 is 1.37 bits per heavy atom. The minimum atomic E-state index is -0.456. The van der Waals surface area contributed by atoms with Gasteiger partial charge in [-0.2, -0.15) is 0 Å². The molecule has 0 saturated carbocycles. The topological polar surface area (TPSA) is 67.8 Å². The van der Waals surface area contributed by atoms with Gasteiger partial charge >= 0.3 is 6.09 Å². The molecule has 106 valence electrons. The maximum atomic E-state index is 11.3. The van der Waals surface area contributed by atoms with Crippen LogP contribution in [0, 0.1) is 5.92 Å². The summed E-state index contributed by atoms with van der Waals surface area (Å²) < 4.78 is 10.3. The van der Waals surface area contributed by atoms with E-state index >= 15 is 0 Å². The van der Waals surface area contributed by atoms with Gasteiger partial charge in [-0.25, -0.2) is 4.79 Å². The van der Waals surface area contributed by atoms with Crippen LogP contribution in [-0.2, 0) is 16.1 Å². The minimum absolute atomic E-state index is 0.104. The van der Waals surface area contributed by atoms with Crippen LogP contribution >= 0.6 is 0 Å². The maximum absolute atomic E-state index is 11.3. The predicted molar refractivity (Wildman–Crippen MR) is 71.7 cm³/mol. The molecule has 0 saturated heterocycles. The van der Waals surface area contributed by atoms with Crippen molar-refractivity contribution < 1.29 is 19.4 Å². The summed E-state index contributed by atoms with van der Waals surface area (Å²) in [6.45, 7) is 3.54. The number of nitrogens with one attached hydrogen (secondary N) is 1. The highest BCUT2D eigenvalue weighted by atomic mass is 16.5. The van der Waals surface area contributed by atoms with Crippen LogP contribution in [0.5, 0.6) is 0 Å². The second-order valence-electron chi connectivity index (χ2n) is 4.35. The standard InChI is InChI=1S/C14H21NO4/c1-12(9-16)10-18-8-7-15-14(17)19-11-13-5-3-2-4-6-13/h2-6,12,16H,7-11H2,1H3,(H,15,17). The third kappa shape index (κ3) is 7.43. The van der Waals surface area contributed by atoms with Gasteiger partial charge in [-0.15, -0.1) is 0 Å². The SMILES string of the molecule is CC(CO)COCCNC(=O)OCc1ccccc1. The first kappa shape index (κ1) is 15.5. The third-order valence-corrected chi connectivity index (χ3v) is 2.44. The predicted octanol–water partition coefficient (Wildman–Crippen LogP) is 1.56. The first-order valence-electron chi connectivity index (χ1n) is 6.35. The van der Waals surface area contributed by atoms with Gasteiger partial charge in [0.2, 0.25) is 0 Å². The van der Waals surface area contributed by atoms with Crippen LogP contribution in [0.25, 0.3) is 0 Å². The summed E-state index contributed by atoms with van der Waals surface area (Å²) >= 11 is 0. The number of ether oxygens (including phenoxy) is 2. The zero-order valence-corrected chi connectivity index (χ0v) is 11.2. The van der Waals surface area contributed by atoms with Gasteiger partial charge in [-0.3, -0.25) is 0 Å². The Morgan fingerprint density at radius 2 is 2.11 bits per heavy atom. The van der Waals surface area contributed by atoms with Crippen LogP contribution in [0.4, 0.5) is 4.79 Å². The molecule has 0 heterocycles. The van der Waals surface area contributed by atoms with E-state index in [1.54, 1.807) is 0 Å². The van der Waals surface area contributed by atoms with Crippen molar-refractivity contribution in [3.8, 4) is 0 Å². The summed E-state index contributed by atoms with van der Waals surface area (Å²) in [4.78, 5) is 11.3. The Kier molecular flexibility index (Phi) is 7.62. The largest absolute Gasteiger partial charge is 0.445 e. The van der Waals surface area contributed by atoms with Gasteiger partial charge in [0.05, 0.1) is 13.2 Å². The molecule has 0 spiro atoms. The lowest BCUT2D eigenvalue weighted by molar-refractivity contribution is 0.0788. The quantitative estimate of drug-likeness (QED) is 0.701. The zero-order chi connectivity index (χ0) is 13.9. The summed E-state index contributed by atoms with van der Waals surface area (Å²) in [6, 6.07) is 9.49. The lowest BCUT2D eigenvalue weighted by Crippen LogP contribution is -2.28. The van der Waals surface area contributed by atoms with E-state index in [-0.39, 0.29) is 19.1 Å². The number of aliphatic hydroxyl groups excluding tert-OH is 1. The molecule has 1 aromatic carbocycles. The van der Waals surface area contributed by atoms with Crippen molar-refractivity contribution in [3.63, 3.8) is 0 Å². The molecule has 2 N–H and O–H groups in total. The highest BCUT2D eigenvalue weighted by Crippen LogP contribution is 2.00. The molecule has 1 rings (SSSR count). The van der Waals surface area contributed by atoms with Gasteiger partial charge in [0.1, 0.15) is 6.61 Å². The molecule has 5 heteroatoms. The number of hydrogen-bond acceptors (Lipinski definition) is 4. The van der Waals surface area contributed by atoms with Crippen LogP contribution in [0.3, 0.4) is 0 Å². The van der Waals surface area contributed by atoms with Gasteiger partial charge in [-0.1, -0.05) is 37.3 Å². The summed E-state index contributed by atoms with van der Waals surface area (Å²) in [6.07, 6.45) is -0.456. The van der Waals surface area contributed by atoms with Gasteiger partial charge < -0.3 is 19.9 Å². The van der Waals surface area contributed by atoms with Crippen LogP contribution in [0.15, 0.2) is 30.3 Å². The summed E-state index contributed by atoms with van der Waals surface area (Å²) in [5.74, 6) is 0.116. The van der Waals surface area contributed by atoms with Crippen molar-refractivity contribution in [1.82, 2.24) is 5.32 Å². The van der Waals surface area contributed by atoms with E-state index in [4.69, 9.17) is 14.6 Å². The van der Waals surface area contributed by atoms with Crippen molar-refractivity contribution in [2.75, 3.05) is 26.4 Å². The number of amides is 1. The molecule has 1 amide bonds. The molecule has 0 bridgehead atoms. The molecule has 1 atom stereocenters. The van der Waals surface area contributed by atoms with Gasteiger partial charge in [0, 0.05) is 19.1 Å². The van der Waals surface area contributed by atoms with Crippen LogP contribution in [0.1, 0.15) is 12.5 Å². The first-order valence-corrected chi connectivity index (χ1v) is 6.35. The van der Waals surface area contributed by atoms with Crippen molar-refractivity contribution >= 4 is 6.09 Å². The number of rotatable bonds is 8. The van der Waals surface area contributed by atoms with Crippen molar-refractivity contribution in [2.45, 2.75) is 13.5 Å². The second-order valence-corrected chi connectivity index (χ2v) is 4.35. The Morgan fingerprint density at radius 3 is 2.79 bits per heavy atom. The molecule has 0 fully saturated rings. The molecule has 0 aliphatic carbocycles. The highest BCUT2D eigenvalue weighted by Gasteiger charge is 2.02. The smallest absolute Gasteiger partial charge is 0.407 e. The van der Waals surface area contributed by atoms with E-state index in [2.05, 4.69) is 5.32 Å². The van der Waals surface area contributed by atoms with Crippen LogP contribution in [-0.4, -0.2) is 37.6 Å². The maximum Gasteiger partial charge on any atom is 0.407 e. The van der Waals surface area contributed by atoms with Crippen molar-refractivity contribution in [3.05, 3.63) is 35.9 Å². The van der Waals surface area contributed by atoms with E-state index in [9.17, 15) is 4.79 Å². The van der Waals surface area contributed by atoms with Crippen LogP contribution in [0.2, 0.25) is 0 Å². The highest BCUT2D eigenvalue weighted by molar-refractivity contribution is 5.67. The Labute approximate surface area is 113 Å². The van der Waals surface area contributed by atoms with Crippen LogP contribution < -0.4 is 5.32 Å². The molecule has 0 radical (unpaired) electrons. The third-order valence-electron chi connectivity index (χ3n) is 2.44. The number of benzene rings is 1. The van der Waals surface area contributed by atoms with Crippen molar-refractivity contribution in [2.24, 2.45) is 5.92 Å². The Bertz CT molecular complexity index is 356. The number of aliphatic hydroxyl groups is 1. The first-order chi connectivity index (χ1) is 9.22. The lowest BCUT2D eigenvalue weighted by Gasteiger charge is -2.10. The van der Waals surface area contributed by atoms with E-state index < -0.39 is 6.09 Å². The van der Waals surface area contributed by atoms with Crippen molar-refractivity contribution in [1.29, 1.82) is 0 Å². The van der Waals surface area contributed by atoms with E-state index in [1.165, 1.54) is 0 Å².